The van der Waals surface area contributed by atoms with Crippen molar-refractivity contribution >= 4 is 22.6 Å². The van der Waals surface area contributed by atoms with E-state index in [2.05, 4.69) is 5.32 Å². The second kappa shape index (κ2) is 8.41. The quantitative estimate of drug-likeness (QED) is 0.857. The largest absolute Gasteiger partial charge is 0.325 e. The monoisotopic (exact) mass is 358 g/mol. The van der Waals surface area contributed by atoms with Gasteiger partial charge in [-0.2, -0.15) is 0 Å². The van der Waals surface area contributed by atoms with E-state index in [-0.39, 0.29) is 5.91 Å². The Morgan fingerprint density at radius 3 is 2.08 bits per heavy atom. The highest BCUT2D eigenvalue weighted by Gasteiger charge is 2.32. The number of carbonyl (C=O) groups excluding carboxylic acids is 1. The molecule has 0 spiro atoms. The molecule has 2 aromatic carbocycles. The third-order valence-electron chi connectivity index (χ3n) is 3.84. The molecular weight excluding hydrogens is 332 g/mol. The van der Waals surface area contributed by atoms with E-state index in [1.54, 1.807) is 11.4 Å². The molecule has 1 N–H and O–H groups in total. The van der Waals surface area contributed by atoms with E-state index in [1.807, 2.05) is 81.4 Å². The highest BCUT2D eigenvalue weighted by molar-refractivity contribution is 7.84. The summed E-state index contributed by atoms with van der Waals surface area (Å²) in [4.78, 5) is 12.9. The maximum atomic E-state index is 12.9. The fourth-order valence-corrected chi connectivity index (χ4v) is 3.78. The summed E-state index contributed by atoms with van der Waals surface area (Å²) in [6.45, 7) is 5.73. The van der Waals surface area contributed by atoms with Crippen LogP contribution in [0.4, 0.5) is 5.69 Å². The van der Waals surface area contributed by atoms with Gasteiger partial charge in [0.05, 0.1) is 4.75 Å². The first kappa shape index (κ1) is 19.3. The van der Waals surface area contributed by atoms with Crippen molar-refractivity contribution in [3.05, 3.63) is 66.2 Å². The van der Waals surface area contributed by atoms with E-state index in [0.29, 0.717) is 6.42 Å². The molecule has 2 atom stereocenters. The van der Waals surface area contributed by atoms with Crippen molar-refractivity contribution in [3.8, 4) is 0 Å². The summed E-state index contributed by atoms with van der Waals surface area (Å²) in [6.07, 6.45) is 0.498. The summed E-state index contributed by atoms with van der Waals surface area (Å²) in [5, 5.41) is 2.93. The lowest BCUT2D eigenvalue weighted by atomic mass is 10.1. The lowest BCUT2D eigenvalue weighted by Crippen LogP contribution is -2.48. The third kappa shape index (κ3) is 5.51. The zero-order valence-electron chi connectivity index (χ0n) is 15.2. The maximum Gasteiger partial charge on any atom is 0.243 e. The number of anilines is 1. The lowest BCUT2D eigenvalue weighted by molar-refractivity contribution is -0.119. The number of likely N-dealkylation sites (N-methyl/N-ethyl adjacent to an activating group) is 1. The van der Waals surface area contributed by atoms with Gasteiger partial charge in [-0.25, -0.2) is 8.51 Å². The van der Waals surface area contributed by atoms with Crippen LogP contribution in [0.2, 0.25) is 0 Å². The average molecular weight is 359 g/mol. The molecule has 0 saturated carbocycles. The highest BCUT2D eigenvalue weighted by atomic mass is 32.2. The van der Waals surface area contributed by atoms with Gasteiger partial charge in [-0.1, -0.05) is 48.5 Å². The van der Waals surface area contributed by atoms with Crippen molar-refractivity contribution in [1.82, 2.24) is 4.31 Å². The molecule has 0 heterocycles. The zero-order valence-corrected chi connectivity index (χ0v) is 16.0. The predicted octanol–water partition coefficient (Wildman–Crippen LogP) is 3.63. The van der Waals surface area contributed by atoms with E-state index < -0.39 is 21.8 Å². The molecule has 1 amide bonds. The van der Waals surface area contributed by atoms with Gasteiger partial charge in [0.25, 0.3) is 0 Å². The fraction of sp³-hybridized carbons (Fsp3) is 0.350. The van der Waals surface area contributed by atoms with Crippen LogP contribution in [0.15, 0.2) is 60.7 Å². The van der Waals surface area contributed by atoms with E-state index in [0.717, 1.165) is 11.3 Å². The number of hydrogen-bond donors (Lipinski definition) is 1. The SMILES string of the molecule is CN(C(Cc1ccccc1)C(=O)Nc1ccccc1)S(=O)C(C)(C)C. The Hall–Kier alpha value is -1.98. The fourth-order valence-electron chi connectivity index (χ4n) is 2.52. The third-order valence-corrected chi connectivity index (χ3v) is 5.67. The molecule has 2 unspecified atom stereocenters. The van der Waals surface area contributed by atoms with E-state index in [1.165, 1.54) is 0 Å². The Morgan fingerprint density at radius 2 is 1.56 bits per heavy atom. The van der Waals surface area contributed by atoms with Gasteiger partial charge in [-0.3, -0.25) is 4.79 Å². The first-order valence-corrected chi connectivity index (χ1v) is 9.44. The minimum Gasteiger partial charge on any atom is -0.325 e. The van der Waals surface area contributed by atoms with Crippen LogP contribution in [0.25, 0.3) is 0 Å². The molecule has 0 saturated heterocycles. The summed E-state index contributed by atoms with van der Waals surface area (Å²) in [6, 6.07) is 18.6. The van der Waals surface area contributed by atoms with E-state index in [4.69, 9.17) is 0 Å². The van der Waals surface area contributed by atoms with E-state index >= 15 is 0 Å². The van der Waals surface area contributed by atoms with Crippen LogP contribution < -0.4 is 5.32 Å². The van der Waals surface area contributed by atoms with Crippen LogP contribution in [0.3, 0.4) is 0 Å². The van der Waals surface area contributed by atoms with Crippen LogP contribution in [-0.2, 0) is 22.2 Å². The summed E-state index contributed by atoms with van der Waals surface area (Å²) in [7, 11) is 0.458. The van der Waals surface area contributed by atoms with Crippen LogP contribution in [0, 0.1) is 0 Å². The number of rotatable bonds is 6. The standard InChI is InChI=1S/C20H26N2O2S/c1-20(2,3)25(24)22(4)18(15-16-11-7-5-8-12-16)19(23)21-17-13-9-6-10-14-17/h5-14,18H,15H2,1-4H3,(H,21,23). The van der Waals surface area contributed by atoms with Crippen LogP contribution in [0.5, 0.6) is 0 Å². The molecule has 0 aromatic heterocycles. The van der Waals surface area contributed by atoms with Crippen LogP contribution >= 0.6 is 0 Å². The summed E-state index contributed by atoms with van der Waals surface area (Å²) in [5.74, 6) is -0.157. The Bertz CT molecular complexity index is 711. The van der Waals surface area contributed by atoms with Gasteiger partial charge in [0.15, 0.2) is 0 Å². The van der Waals surface area contributed by atoms with Crippen molar-refractivity contribution in [2.24, 2.45) is 0 Å². The van der Waals surface area contributed by atoms with Gasteiger partial charge in [-0.15, -0.1) is 0 Å². The smallest absolute Gasteiger partial charge is 0.243 e. The molecule has 0 radical (unpaired) electrons. The molecule has 25 heavy (non-hydrogen) atoms. The second-order valence-corrected chi connectivity index (χ2v) is 9.27. The molecule has 2 aromatic rings. The zero-order chi connectivity index (χ0) is 18.4. The van der Waals surface area contributed by atoms with Crippen LogP contribution in [0.1, 0.15) is 26.3 Å². The van der Waals surface area contributed by atoms with Gasteiger partial charge in [0, 0.05) is 12.7 Å². The molecule has 4 nitrogen and oxygen atoms in total. The molecule has 5 heteroatoms. The minimum atomic E-state index is -1.29. The number of hydrogen-bond acceptors (Lipinski definition) is 2. The maximum absolute atomic E-state index is 12.9. The molecule has 0 fully saturated rings. The van der Waals surface area contributed by atoms with Gasteiger partial charge >= 0.3 is 0 Å². The number of carbonyl (C=O) groups is 1. The summed E-state index contributed by atoms with van der Waals surface area (Å²) >= 11 is 0. The number of para-hydroxylation sites is 1. The van der Waals surface area contributed by atoms with Gasteiger partial charge in [0.1, 0.15) is 17.0 Å². The first-order valence-electron chi connectivity index (χ1n) is 8.33. The molecular formula is C20H26N2O2S. The summed E-state index contributed by atoms with van der Waals surface area (Å²) < 4.78 is 14.0. The Morgan fingerprint density at radius 1 is 1.04 bits per heavy atom. The van der Waals surface area contributed by atoms with Crippen molar-refractivity contribution < 1.29 is 9.00 Å². The number of nitrogens with one attached hydrogen (secondary N) is 1. The first-order chi connectivity index (χ1) is 11.8. The Labute approximate surface area is 152 Å². The molecule has 0 bridgehead atoms. The average Bonchev–Trinajstić information content (AvgIpc) is 2.59. The number of amides is 1. The molecule has 0 aliphatic heterocycles. The lowest BCUT2D eigenvalue weighted by Gasteiger charge is -2.31. The van der Waals surface area contributed by atoms with Gasteiger partial charge in [-0.05, 0) is 44.9 Å². The Kier molecular flexibility index (Phi) is 6.51. The van der Waals surface area contributed by atoms with Crippen molar-refractivity contribution in [1.29, 1.82) is 0 Å². The number of nitrogens with zero attached hydrogens (tertiary/aromatic N) is 1. The normalized spacial score (nSPS) is 14.1. The highest BCUT2D eigenvalue weighted by Crippen LogP contribution is 2.20. The van der Waals surface area contributed by atoms with Crippen molar-refractivity contribution in [2.75, 3.05) is 12.4 Å². The minimum absolute atomic E-state index is 0.157. The second-order valence-electron chi connectivity index (χ2n) is 6.97. The van der Waals surface area contributed by atoms with E-state index in [9.17, 15) is 9.00 Å². The summed E-state index contributed by atoms with van der Waals surface area (Å²) in [5.41, 5.74) is 1.77. The molecule has 0 aliphatic rings. The van der Waals surface area contributed by atoms with Crippen LogP contribution in [-0.4, -0.2) is 32.3 Å². The number of benzene rings is 2. The van der Waals surface area contributed by atoms with Crippen molar-refractivity contribution in [2.45, 2.75) is 38.0 Å². The topological polar surface area (TPSA) is 49.4 Å². The van der Waals surface area contributed by atoms with Crippen molar-refractivity contribution in [3.63, 3.8) is 0 Å². The van der Waals surface area contributed by atoms with Gasteiger partial charge in [0.2, 0.25) is 5.91 Å². The molecule has 0 aliphatic carbocycles. The molecule has 134 valence electrons. The molecule has 2 rings (SSSR count). The Balaban J connectivity index is 2.24. The predicted molar refractivity (Wildman–Crippen MR) is 105 cm³/mol. The van der Waals surface area contributed by atoms with Gasteiger partial charge < -0.3 is 5.32 Å².